The van der Waals surface area contributed by atoms with Crippen molar-refractivity contribution in [2.45, 2.75) is 25.2 Å². The minimum absolute atomic E-state index is 0.109. The lowest BCUT2D eigenvalue weighted by Gasteiger charge is -2.06. The van der Waals surface area contributed by atoms with E-state index in [2.05, 4.69) is 9.71 Å². The third-order valence-electron chi connectivity index (χ3n) is 4.14. The second kappa shape index (κ2) is 7.85. The van der Waals surface area contributed by atoms with Crippen molar-refractivity contribution in [3.05, 3.63) is 71.6 Å². The van der Waals surface area contributed by atoms with Gasteiger partial charge in [0.15, 0.2) is 5.78 Å². The third kappa shape index (κ3) is 4.50. The molecule has 0 unspecified atom stereocenters. The number of rotatable bonds is 7. The molecule has 0 aliphatic rings. The zero-order valence-corrected chi connectivity index (χ0v) is 15.9. The van der Waals surface area contributed by atoms with E-state index in [9.17, 15) is 13.2 Å². The predicted molar refractivity (Wildman–Crippen MR) is 102 cm³/mol. The van der Waals surface area contributed by atoms with E-state index in [0.717, 1.165) is 5.56 Å². The third-order valence-corrected chi connectivity index (χ3v) is 5.62. The summed E-state index contributed by atoms with van der Waals surface area (Å²) in [6.45, 7) is 3.44. The largest absolute Gasteiger partial charge is 0.441 e. The number of Topliss-reactive ketones (excluding diaryl/α,β-unsaturated/α-hetero) is 1. The Morgan fingerprint density at radius 3 is 2.37 bits per heavy atom. The summed E-state index contributed by atoms with van der Waals surface area (Å²) >= 11 is 0. The van der Waals surface area contributed by atoms with Gasteiger partial charge in [0, 0.05) is 24.1 Å². The highest BCUT2D eigenvalue weighted by atomic mass is 32.2. The number of carbonyl (C=O) groups excluding carboxylic acids is 1. The first-order chi connectivity index (χ1) is 12.9. The lowest BCUT2D eigenvalue weighted by Crippen LogP contribution is -2.26. The van der Waals surface area contributed by atoms with Gasteiger partial charge in [-0.2, -0.15) is 0 Å². The van der Waals surface area contributed by atoms with Crippen LogP contribution in [0.4, 0.5) is 0 Å². The van der Waals surface area contributed by atoms with Gasteiger partial charge < -0.3 is 4.42 Å². The molecule has 0 saturated carbocycles. The number of aryl methyl sites for hydroxylation is 1. The van der Waals surface area contributed by atoms with Crippen molar-refractivity contribution in [2.24, 2.45) is 0 Å². The van der Waals surface area contributed by atoms with Crippen LogP contribution in [-0.2, 0) is 16.4 Å². The molecular formula is C20H20N2O4S. The Morgan fingerprint density at radius 1 is 1.07 bits per heavy atom. The summed E-state index contributed by atoms with van der Waals surface area (Å²) in [5.41, 5.74) is 2.06. The number of aromatic nitrogens is 1. The molecule has 1 N–H and O–H groups in total. The molecule has 140 valence electrons. The molecule has 1 heterocycles. The second-order valence-corrected chi connectivity index (χ2v) is 7.88. The van der Waals surface area contributed by atoms with Gasteiger partial charge in [0.25, 0.3) is 0 Å². The number of hydrogen-bond acceptors (Lipinski definition) is 5. The average molecular weight is 384 g/mol. The summed E-state index contributed by atoms with van der Waals surface area (Å²) < 4.78 is 33.0. The van der Waals surface area contributed by atoms with Gasteiger partial charge >= 0.3 is 0 Å². The van der Waals surface area contributed by atoms with Gasteiger partial charge in [-0.15, -0.1) is 0 Å². The van der Waals surface area contributed by atoms with Crippen LogP contribution >= 0.6 is 0 Å². The fraction of sp³-hybridized carbons (Fsp3) is 0.200. The molecule has 7 heteroatoms. The average Bonchev–Trinajstić information content (AvgIpc) is 3.03. The summed E-state index contributed by atoms with van der Waals surface area (Å²) in [6.07, 6.45) is 0.410. The maximum Gasteiger partial charge on any atom is 0.240 e. The topological polar surface area (TPSA) is 89.3 Å². The number of nitrogens with zero attached hydrogens (tertiary/aromatic N) is 1. The van der Waals surface area contributed by atoms with Crippen LogP contribution in [0.25, 0.3) is 11.5 Å². The van der Waals surface area contributed by atoms with E-state index >= 15 is 0 Å². The van der Waals surface area contributed by atoms with Crippen molar-refractivity contribution in [2.75, 3.05) is 6.54 Å². The lowest BCUT2D eigenvalue weighted by molar-refractivity contribution is 0.101. The van der Waals surface area contributed by atoms with Crippen molar-refractivity contribution >= 4 is 15.8 Å². The van der Waals surface area contributed by atoms with Gasteiger partial charge in [0.2, 0.25) is 15.9 Å². The van der Waals surface area contributed by atoms with Crippen LogP contribution in [0.2, 0.25) is 0 Å². The Kier molecular flexibility index (Phi) is 5.53. The number of carbonyl (C=O) groups is 1. The molecule has 1 aromatic heterocycles. The smallest absolute Gasteiger partial charge is 0.240 e. The van der Waals surface area contributed by atoms with Crippen LogP contribution in [0.15, 0.2) is 63.9 Å². The van der Waals surface area contributed by atoms with Crippen molar-refractivity contribution in [1.82, 2.24) is 9.71 Å². The summed E-state index contributed by atoms with van der Waals surface area (Å²) in [4.78, 5) is 15.9. The van der Waals surface area contributed by atoms with Crippen LogP contribution < -0.4 is 4.72 Å². The molecule has 6 nitrogen and oxygen atoms in total. The lowest BCUT2D eigenvalue weighted by atomic mass is 10.2. The van der Waals surface area contributed by atoms with Crippen molar-refractivity contribution in [3.8, 4) is 11.5 Å². The molecule has 3 rings (SSSR count). The minimum atomic E-state index is -3.65. The van der Waals surface area contributed by atoms with Gasteiger partial charge in [0.05, 0.1) is 10.6 Å². The SMILES string of the molecule is CC(=O)c1ccc(S(=O)(=O)NCCc2nc(-c3ccccc3)oc2C)cc1. The molecule has 0 amide bonds. The Bertz CT molecular complexity index is 1040. The van der Waals surface area contributed by atoms with Gasteiger partial charge in [-0.05, 0) is 38.1 Å². The van der Waals surface area contributed by atoms with Crippen LogP contribution in [0.1, 0.15) is 28.7 Å². The second-order valence-electron chi connectivity index (χ2n) is 6.12. The van der Waals surface area contributed by atoms with Gasteiger partial charge in [-0.3, -0.25) is 4.79 Å². The first-order valence-corrected chi connectivity index (χ1v) is 9.97. The molecule has 0 fully saturated rings. The van der Waals surface area contributed by atoms with Gasteiger partial charge in [0.1, 0.15) is 5.76 Å². The highest BCUT2D eigenvalue weighted by Crippen LogP contribution is 2.21. The van der Waals surface area contributed by atoms with Crippen LogP contribution in [0, 0.1) is 6.92 Å². The van der Waals surface area contributed by atoms with E-state index in [4.69, 9.17) is 4.42 Å². The first kappa shape index (κ1) is 19.0. The number of oxazole rings is 1. The zero-order chi connectivity index (χ0) is 19.4. The predicted octanol–water partition coefficient (Wildman–Crippen LogP) is 3.37. The number of ketones is 1. The van der Waals surface area contributed by atoms with Gasteiger partial charge in [-0.25, -0.2) is 18.1 Å². The summed E-state index contributed by atoms with van der Waals surface area (Å²) in [6, 6.07) is 15.4. The van der Waals surface area contributed by atoms with E-state index in [-0.39, 0.29) is 17.2 Å². The number of hydrogen-bond donors (Lipinski definition) is 1. The highest BCUT2D eigenvalue weighted by Gasteiger charge is 2.16. The van der Waals surface area contributed by atoms with Crippen LogP contribution in [0.5, 0.6) is 0 Å². The summed E-state index contributed by atoms with van der Waals surface area (Å²) in [7, 11) is -3.65. The highest BCUT2D eigenvalue weighted by molar-refractivity contribution is 7.89. The Balaban J connectivity index is 1.65. The molecule has 0 spiro atoms. The zero-order valence-electron chi connectivity index (χ0n) is 15.1. The van der Waals surface area contributed by atoms with E-state index in [0.29, 0.717) is 29.3 Å². The fourth-order valence-electron chi connectivity index (χ4n) is 2.62. The molecule has 0 saturated heterocycles. The molecule has 0 aliphatic heterocycles. The van der Waals surface area contributed by atoms with E-state index < -0.39 is 10.0 Å². The summed E-state index contributed by atoms with van der Waals surface area (Å²) in [5, 5.41) is 0. The van der Waals surface area contributed by atoms with E-state index in [1.54, 1.807) is 0 Å². The fourth-order valence-corrected chi connectivity index (χ4v) is 3.65. The Labute approximate surface area is 158 Å². The Hall–Kier alpha value is -2.77. The molecule has 2 aromatic carbocycles. The van der Waals surface area contributed by atoms with Gasteiger partial charge in [-0.1, -0.05) is 30.3 Å². The quantitative estimate of drug-likeness (QED) is 0.631. The number of benzene rings is 2. The molecule has 3 aromatic rings. The normalized spacial score (nSPS) is 11.5. The van der Waals surface area contributed by atoms with Crippen LogP contribution in [-0.4, -0.2) is 25.7 Å². The molecule has 0 aliphatic carbocycles. The standard InChI is InChI=1S/C20H20N2O4S/c1-14(23)16-8-10-18(11-9-16)27(24,25)21-13-12-19-15(2)26-20(22-19)17-6-4-3-5-7-17/h3-11,21H,12-13H2,1-2H3. The maximum atomic E-state index is 12.4. The molecule has 27 heavy (non-hydrogen) atoms. The van der Waals surface area contributed by atoms with Crippen LogP contribution in [0.3, 0.4) is 0 Å². The minimum Gasteiger partial charge on any atom is -0.441 e. The molecule has 0 atom stereocenters. The van der Waals surface area contributed by atoms with E-state index in [1.165, 1.54) is 31.2 Å². The monoisotopic (exact) mass is 384 g/mol. The maximum absolute atomic E-state index is 12.4. The van der Waals surface area contributed by atoms with Crippen molar-refractivity contribution < 1.29 is 17.6 Å². The molecule has 0 radical (unpaired) electrons. The molecular weight excluding hydrogens is 364 g/mol. The first-order valence-electron chi connectivity index (χ1n) is 8.49. The van der Waals surface area contributed by atoms with Crippen molar-refractivity contribution in [1.29, 1.82) is 0 Å². The molecule has 0 bridgehead atoms. The van der Waals surface area contributed by atoms with E-state index in [1.807, 2.05) is 37.3 Å². The Morgan fingerprint density at radius 2 is 1.74 bits per heavy atom. The number of nitrogens with one attached hydrogen (secondary N) is 1. The van der Waals surface area contributed by atoms with Crippen molar-refractivity contribution in [3.63, 3.8) is 0 Å². The summed E-state index contributed by atoms with van der Waals surface area (Å²) in [5.74, 6) is 1.08. The number of sulfonamides is 1.